The second-order valence-corrected chi connectivity index (χ2v) is 7.15. The van der Waals surface area contributed by atoms with E-state index in [1.807, 2.05) is 0 Å². The summed E-state index contributed by atoms with van der Waals surface area (Å²) in [6.07, 6.45) is 8.32. The van der Waals surface area contributed by atoms with E-state index < -0.39 is 0 Å². The van der Waals surface area contributed by atoms with Crippen LogP contribution >= 0.6 is 12.4 Å². The van der Waals surface area contributed by atoms with E-state index in [0.29, 0.717) is 6.61 Å². The third-order valence-electron chi connectivity index (χ3n) is 5.35. The zero-order chi connectivity index (χ0) is 15.1. The number of ether oxygens (including phenoxy) is 1. The molecule has 2 fully saturated rings. The molecule has 1 aliphatic carbocycles. The number of carbonyl (C=O) groups excluding carboxylic acids is 1. The molecule has 2 aliphatic rings. The average molecular weight is 333 g/mol. The molecule has 4 nitrogen and oxygen atoms in total. The molecule has 0 spiro atoms. The number of hydrogen-bond acceptors (Lipinski definition) is 3. The molecular formula is C17H33ClN2O2. The second-order valence-electron chi connectivity index (χ2n) is 7.15. The maximum absolute atomic E-state index is 12.6. The molecule has 1 aliphatic heterocycles. The Morgan fingerprint density at radius 3 is 2.68 bits per heavy atom. The van der Waals surface area contributed by atoms with Gasteiger partial charge in [0.1, 0.15) is 0 Å². The highest BCUT2D eigenvalue weighted by molar-refractivity contribution is 5.85. The first-order chi connectivity index (χ1) is 10.2. The number of nitrogens with one attached hydrogen (secondary N) is 2. The molecule has 1 amide bonds. The number of carbonyl (C=O) groups is 1. The Morgan fingerprint density at radius 2 is 2.05 bits per heavy atom. The number of rotatable bonds is 6. The van der Waals surface area contributed by atoms with Crippen LogP contribution in [0.1, 0.15) is 51.9 Å². The lowest BCUT2D eigenvalue weighted by molar-refractivity contribution is -0.136. The number of hydrogen-bond donors (Lipinski definition) is 2. The summed E-state index contributed by atoms with van der Waals surface area (Å²) in [5, 5.41) is 6.52. The summed E-state index contributed by atoms with van der Waals surface area (Å²) in [7, 11) is 1.69. The molecule has 2 rings (SSSR count). The molecule has 0 aromatic carbocycles. The molecule has 0 aromatic heterocycles. The topological polar surface area (TPSA) is 50.4 Å². The largest absolute Gasteiger partial charge is 0.384 e. The third kappa shape index (κ3) is 5.39. The van der Waals surface area contributed by atoms with E-state index in [-0.39, 0.29) is 23.7 Å². The lowest BCUT2D eigenvalue weighted by Gasteiger charge is -2.35. The number of piperidine rings is 1. The van der Waals surface area contributed by atoms with Crippen molar-refractivity contribution in [3.05, 3.63) is 0 Å². The summed E-state index contributed by atoms with van der Waals surface area (Å²) in [6.45, 7) is 5.55. The van der Waals surface area contributed by atoms with Gasteiger partial charge in [0.2, 0.25) is 5.91 Å². The summed E-state index contributed by atoms with van der Waals surface area (Å²) >= 11 is 0. The van der Waals surface area contributed by atoms with Gasteiger partial charge in [-0.3, -0.25) is 4.79 Å². The van der Waals surface area contributed by atoms with Crippen LogP contribution in [-0.4, -0.2) is 39.3 Å². The first-order valence-electron chi connectivity index (χ1n) is 8.64. The maximum Gasteiger partial charge on any atom is 0.228 e. The van der Waals surface area contributed by atoms with Crippen LogP contribution in [0.25, 0.3) is 0 Å². The van der Waals surface area contributed by atoms with Crippen molar-refractivity contribution in [2.45, 2.75) is 51.9 Å². The van der Waals surface area contributed by atoms with E-state index in [1.165, 1.54) is 25.7 Å². The molecule has 0 bridgehead atoms. The van der Waals surface area contributed by atoms with Gasteiger partial charge in [0.15, 0.2) is 0 Å². The van der Waals surface area contributed by atoms with Crippen LogP contribution in [0, 0.1) is 17.3 Å². The van der Waals surface area contributed by atoms with Crippen molar-refractivity contribution in [3.8, 4) is 0 Å². The highest BCUT2D eigenvalue weighted by Crippen LogP contribution is 2.31. The average Bonchev–Trinajstić information content (AvgIpc) is 2.48. The number of amides is 1. The molecule has 2 N–H and O–H groups in total. The van der Waals surface area contributed by atoms with Crippen LogP contribution in [0.15, 0.2) is 0 Å². The minimum Gasteiger partial charge on any atom is -0.384 e. The molecule has 0 radical (unpaired) electrons. The zero-order valence-electron chi connectivity index (χ0n) is 14.2. The predicted molar refractivity (Wildman–Crippen MR) is 92.4 cm³/mol. The summed E-state index contributed by atoms with van der Waals surface area (Å²) < 4.78 is 5.33. The number of methoxy groups -OCH3 is 1. The van der Waals surface area contributed by atoms with Gasteiger partial charge in [-0.25, -0.2) is 0 Å². The smallest absolute Gasteiger partial charge is 0.228 e. The van der Waals surface area contributed by atoms with Crippen LogP contribution < -0.4 is 10.6 Å². The van der Waals surface area contributed by atoms with Gasteiger partial charge >= 0.3 is 0 Å². The normalized spacial score (nSPS) is 27.7. The van der Waals surface area contributed by atoms with Crippen molar-refractivity contribution in [3.63, 3.8) is 0 Å². The molecular weight excluding hydrogens is 300 g/mol. The van der Waals surface area contributed by atoms with E-state index in [2.05, 4.69) is 17.6 Å². The fourth-order valence-corrected chi connectivity index (χ4v) is 4.02. The minimum atomic E-state index is -0.306. The quantitative estimate of drug-likeness (QED) is 0.786. The first kappa shape index (κ1) is 19.7. The van der Waals surface area contributed by atoms with Crippen LogP contribution in [0.3, 0.4) is 0 Å². The predicted octanol–water partition coefficient (Wildman–Crippen LogP) is 2.76. The van der Waals surface area contributed by atoms with Gasteiger partial charge in [-0.2, -0.15) is 0 Å². The Balaban J connectivity index is 0.00000242. The lowest BCUT2D eigenvalue weighted by atomic mass is 9.78. The van der Waals surface area contributed by atoms with Gasteiger partial charge in [0, 0.05) is 13.7 Å². The fourth-order valence-electron chi connectivity index (χ4n) is 4.02. The molecule has 5 heteroatoms. The molecule has 0 aromatic rings. The molecule has 1 saturated carbocycles. The Kier molecular flexibility index (Phi) is 8.73. The molecule has 1 saturated heterocycles. The van der Waals surface area contributed by atoms with Crippen molar-refractivity contribution in [2.75, 3.05) is 33.4 Å². The maximum atomic E-state index is 12.6. The Morgan fingerprint density at radius 1 is 1.32 bits per heavy atom. The van der Waals surface area contributed by atoms with Gasteiger partial charge in [0.25, 0.3) is 0 Å². The van der Waals surface area contributed by atoms with Crippen LogP contribution in [0.4, 0.5) is 0 Å². The first-order valence-corrected chi connectivity index (χ1v) is 8.64. The highest BCUT2D eigenvalue weighted by atomic mass is 35.5. The van der Waals surface area contributed by atoms with E-state index in [1.54, 1.807) is 7.11 Å². The highest BCUT2D eigenvalue weighted by Gasteiger charge is 2.39. The minimum absolute atomic E-state index is 0. The molecule has 2 atom stereocenters. The van der Waals surface area contributed by atoms with Crippen molar-refractivity contribution in [1.82, 2.24) is 10.6 Å². The monoisotopic (exact) mass is 332 g/mol. The van der Waals surface area contributed by atoms with E-state index in [4.69, 9.17) is 4.74 Å². The Labute approximate surface area is 141 Å². The summed E-state index contributed by atoms with van der Waals surface area (Å²) in [6, 6.07) is 0. The summed E-state index contributed by atoms with van der Waals surface area (Å²) in [5.74, 6) is 1.87. The van der Waals surface area contributed by atoms with Crippen LogP contribution in [0.2, 0.25) is 0 Å². The van der Waals surface area contributed by atoms with Gasteiger partial charge < -0.3 is 15.4 Å². The Hall–Kier alpha value is -0.320. The van der Waals surface area contributed by atoms with Crippen molar-refractivity contribution >= 4 is 18.3 Å². The van der Waals surface area contributed by atoms with Crippen LogP contribution in [-0.2, 0) is 9.53 Å². The second kappa shape index (κ2) is 9.74. The molecule has 2 unspecified atom stereocenters. The SMILES string of the molecule is COCC1(C(=O)NCCC2CCCC(C)C2)CCNCC1.Cl. The lowest BCUT2D eigenvalue weighted by Crippen LogP contribution is -2.50. The fraction of sp³-hybridized carbons (Fsp3) is 0.941. The van der Waals surface area contributed by atoms with Crippen molar-refractivity contribution < 1.29 is 9.53 Å². The summed E-state index contributed by atoms with van der Waals surface area (Å²) in [4.78, 5) is 12.6. The number of halogens is 1. The van der Waals surface area contributed by atoms with Gasteiger partial charge in [0.05, 0.1) is 12.0 Å². The Bertz CT molecular complexity index is 327. The van der Waals surface area contributed by atoms with Gasteiger partial charge in [-0.05, 0) is 50.6 Å². The standard InChI is InChI=1S/C17H32N2O2.ClH/c1-14-4-3-5-15(12-14)6-9-19-16(20)17(13-21-2)7-10-18-11-8-17;/h14-15,18H,3-13H2,1-2H3,(H,19,20);1H. The zero-order valence-corrected chi connectivity index (χ0v) is 15.0. The molecule has 1 heterocycles. The van der Waals surface area contributed by atoms with Gasteiger partial charge in [-0.1, -0.05) is 26.2 Å². The van der Waals surface area contributed by atoms with E-state index in [0.717, 1.165) is 50.7 Å². The van der Waals surface area contributed by atoms with E-state index >= 15 is 0 Å². The van der Waals surface area contributed by atoms with Gasteiger partial charge in [-0.15, -0.1) is 12.4 Å². The molecule has 130 valence electrons. The summed E-state index contributed by atoms with van der Waals surface area (Å²) in [5.41, 5.74) is -0.306. The third-order valence-corrected chi connectivity index (χ3v) is 5.35. The van der Waals surface area contributed by atoms with Crippen LogP contribution in [0.5, 0.6) is 0 Å². The molecule has 22 heavy (non-hydrogen) atoms. The van der Waals surface area contributed by atoms with E-state index in [9.17, 15) is 4.79 Å². The van der Waals surface area contributed by atoms with Crippen molar-refractivity contribution in [1.29, 1.82) is 0 Å². The van der Waals surface area contributed by atoms with Crippen molar-refractivity contribution in [2.24, 2.45) is 17.3 Å².